The van der Waals surface area contributed by atoms with Gasteiger partial charge in [-0.05, 0) is 35.2 Å². The van der Waals surface area contributed by atoms with Crippen LogP contribution in [0.2, 0.25) is 0 Å². The van der Waals surface area contributed by atoms with Gasteiger partial charge in [-0.15, -0.1) is 10.2 Å². The van der Waals surface area contributed by atoms with Crippen LogP contribution in [0.15, 0.2) is 73.4 Å². The molecule has 0 aromatic heterocycles. The van der Waals surface area contributed by atoms with Crippen LogP contribution < -0.4 is 11.1 Å². The van der Waals surface area contributed by atoms with E-state index in [0.29, 0.717) is 17.0 Å². The van der Waals surface area contributed by atoms with Crippen LogP contribution in [0.1, 0.15) is 12.5 Å². The lowest BCUT2D eigenvalue weighted by Crippen LogP contribution is -2.08. The van der Waals surface area contributed by atoms with Gasteiger partial charge < -0.3 is 16.2 Å². The Bertz CT molecular complexity index is 2130. The molecular weight excluding hydrogens is 604 g/mol. The summed E-state index contributed by atoms with van der Waals surface area (Å²) in [6.07, 6.45) is 0. The summed E-state index contributed by atoms with van der Waals surface area (Å²) in [6, 6.07) is 9.36. The van der Waals surface area contributed by atoms with E-state index in [-0.39, 0.29) is 17.6 Å². The number of carbonyl (C=O) groups is 1. The molecule has 0 heterocycles. The number of anilines is 1. The molecule has 0 aliphatic rings. The van der Waals surface area contributed by atoms with Crippen LogP contribution >= 0.6 is 0 Å². The summed E-state index contributed by atoms with van der Waals surface area (Å²) in [7, 11) is -15.3. The maximum atomic E-state index is 12.3. The normalized spacial score (nSPS) is 12.8. The number of fused-ring (bicyclic) bond motifs is 2. The van der Waals surface area contributed by atoms with Crippen molar-refractivity contribution in [2.75, 3.05) is 5.32 Å². The Hall–Kier alpha value is -4.04. The summed E-state index contributed by atoms with van der Waals surface area (Å²) in [5.74, 6) is -1.80. The average Bonchev–Trinajstić information content (AvgIpc) is 2.84. The molecule has 0 spiro atoms. The molecule has 18 heteroatoms. The van der Waals surface area contributed by atoms with E-state index in [9.17, 15) is 48.8 Å². The summed E-state index contributed by atoms with van der Waals surface area (Å²) < 4.78 is 103. The smallest absolute Gasteiger partial charge is 0.297 e. The van der Waals surface area contributed by atoms with Gasteiger partial charge >= 0.3 is 0 Å². The van der Waals surface area contributed by atoms with E-state index in [2.05, 4.69) is 15.5 Å². The first-order valence-corrected chi connectivity index (χ1v) is 15.5. The first-order valence-electron chi connectivity index (χ1n) is 11.1. The highest BCUT2D eigenvalue weighted by Gasteiger charge is 2.28. The Morgan fingerprint density at radius 3 is 2.05 bits per heavy atom. The van der Waals surface area contributed by atoms with Gasteiger partial charge in [0.2, 0.25) is 5.91 Å². The van der Waals surface area contributed by atoms with Gasteiger partial charge in [0.1, 0.15) is 26.1 Å². The van der Waals surface area contributed by atoms with Crippen LogP contribution in [0.25, 0.3) is 21.5 Å². The number of phenolic OH excluding ortho intramolecular Hbond substituents is 1. The van der Waals surface area contributed by atoms with Crippen molar-refractivity contribution in [1.82, 2.24) is 0 Å². The molecule has 0 unspecified atom stereocenters. The summed E-state index contributed by atoms with van der Waals surface area (Å²) in [5, 5.41) is 20.0. The number of nitrogens with two attached hydrogens (primary N) is 1. The number of nitrogens with zero attached hydrogens (tertiary/aromatic N) is 2. The zero-order valence-corrected chi connectivity index (χ0v) is 23.1. The molecule has 0 aliphatic carbocycles. The third kappa shape index (κ3) is 5.75. The first kappa shape index (κ1) is 29.9. The van der Waals surface area contributed by atoms with Gasteiger partial charge in [-0.2, -0.15) is 25.3 Å². The number of carbonyl (C=O) groups excluding carboxylic acids is 1. The summed E-state index contributed by atoms with van der Waals surface area (Å²) in [4.78, 5) is 8.93. The van der Waals surface area contributed by atoms with E-state index in [1.54, 1.807) is 6.07 Å². The molecule has 4 aromatic carbocycles. The van der Waals surface area contributed by atoms with Crippen molar-refractivity contribution in [3.8, 4) is 5.75 Å². The lowest BCUT2D eigenvalue weighted by Gasteiger charge is -2.15. The van der Waals surface area contributed by atoms with E-state index in [0.717, 1.165) is 25.1 Å². The molecule has 15 nitrogen and oxygen atoms in total. The number of rotatable bonds is 7. The second-order valence-corrected chi connectivity index (χ2v) is 12.7. The zero-order valence-electron chi connectivity index (χ0n) is 20.7. The quantitative estimate of drug-likeness (QED) is 0.128. The molecule has 0 saturated heterocycles. The molecule has 41 heavy (non-hydrogen) atoms. The largest absolute Gasteiger partial charge is 0.505 e. The predicted molar refractivity (Wildman–Crippen MR) is 145 cm³/mol. The van der Waals surface area contributed by atoms with Crippen LogP contribution in [-0.4, -0.2) is 49.9 Å². The molecule has 0 atom stereocenters. The third-order valence-electron chi connectivity index (χ3n) is 5.86. The number of benzene rings is 4. The van der Waals surface area contributed by atoms with E-state index in [1.807, 2.05) is 0 Å². The first-order chi connectivity index (χ1) is 18.9. The standard InChI is InChI=1S/C23H20N4O11S3/c1-11(28)25-16-7-8-18(39(30,31)32)15-9-19(40(33,34)35)21(22(29)20(15)16)27-26-17-6-5-13-12(10-24)3-2-4-14(13)23(17)41(36,37)38/h2-9,29H,10,24H2,1H3,(H,25,28)(H,30,31,32)(H,33,34,35)(H,36,37,38). The fourth-order valence-corrected chi connectivity index (χ4v) is 6.42. The molecular formula is C23H20N4O11S3. The summed E-state index contributed by atoms with van der Waals surface area (Å²) in [6.45, 7) is 1.10. The fraction of sp³-hybridized carbons (Fsp3) is 0.0870. The van der Waals surface area contributed by atoms with Crippen molar-refractivity contribution in [1.29, 1.82) is 0 Å². The zero-order chi connectivity index (χ0) is 30.5. The average molecular weight is 625 g/mol. The Balaban J connectivity index is 2.12. The molecule has 4 rings (SSSR count). The van der Waals surface area contributed by atoms with Crippen LogP contribution in [0.5, 0.6) is 5.75 Å². The molecule has 0 saturated carbocycles. The number of hydrogen-bond donors (Lipinski definition) is 6. The minimum Gasteiger partial charge on any atom is -0.505 e. The minimum atomic E-state index is -5.29. The fourth-order valence-electron chi connectivity index (χ4n) is 4.26. The van der Waals surface area contributed by atoms with Crippen LogP contribution in [-0.2, 0) is 41.7 Å². The van der Waals surface area contributed by atoms with Gasteiger partial charge in [-0.25, -0.2) is 0 Å². The van der Waals surface area contributed by atoms with Gasteiger partial charge in [0.25, 0.3) is 30.4 Å². The molecule has 7 N–H and O–H groups in total. The highest BCUT2D eigenvalue weighted by Crippen LogP contribution is 2.46. The Morgan fingerprint density at radius 2 is 1.49 bits per heavy atom. The molecule has 4 aromatic rings. The molecule has 0 aliphatic heterocycles. The van der Waals surface area contributed by atoms with Gasteiger partial charge in [0.15, 0.2) is 5.75 Å². The molecule has 1 amide bonds. The lowest BCUT2D eigenvalue weighted by atomic mass is 10.0. The van der Waals surface area contributed by atoms with Crippen molar-refractivity contribution < 1.29 is 48.8 Å². The molecule has 216 valence electrons. The number of nitrogens with one attached hydrogen (secondary N) is 1. The molecule has 0 fully saturated rings. The summed E-state index contributed by atoms with van der Waals surface area (Å²) >= 11 is 0. The van der Waals surface area contributed by atoms with Crippen LogP contribution in [0.3, 0.4) is 0 Å². The number of aromatic hydroxyl groups is 1. The monoisotopic (exact) mass is 624 g/mol. The highest BCUT2D eigenvalue weighted by atomic mass is 32.2. The topological polar surface area (TPSA) is 263 Å². The predicted octanol–water partition coefficient (Wildman–Crippen LogP) is 3.27. The van der Waals surface area contributed by atoms with E-state index >= 15 is 0 Å². The molecule has 0 radical (unpaired) electrons. The number of azo groups is 1. The minimum absolute atomic E-state index is 0.00428. The van der Waals surface area contributed by atoms with Gasteiger partial charge in [0, 0.05) is 24.2 Å². The van der Waals surface area contributed by atoms with Crippen molar-refractivity contribution in [2.24, 2.45) is 16.0 Å². The summed E-state index contributed by atoms with van der Waals surface area (Å²) in [5.41, 5.74) is 4.49. The van der Waals surface area contributed by atoms with Gasteiger partial charge in [-0.1, -0.05) is 24.3 Å². The Kier molecular flexibility index (Phi) is 7.60. The van der Waals surface area contributed by atoms with E-state index < -0.39 is 78.8 Å². The van der Waals surface area contributed by atoms with Crippen molar-refractivity contribution in [3.63, 3.8) is 0 Å². The van der Waals surface area contributed by atoms with E-state index in [1.165, 1.54) is 18.2 Å². The van der Waals surface area contributed by atoms with Gasteiger partial charge in [0.05, 0.1) is 11.1 Å². The van der Waals surface area contributed by atoms with Crippen LogP contribution in [0.4, 0.5) is 17.1 Å². The van der Waals surface area contributed by atoms with Gasteiger partial charge in [-0.3, -0.25) is 18.5 Å². The third-order valence-corrected chi connectivity index (χ3v) is 8.58. The maximum Gasteiger partial charge on any atom is 0.297 e. The van der Waals surface area contributed by atoms with E-state index in [4.69, 9.17) is 5.73 Å². The lowest BCUT2D eigenvalue weighted by molar-refractivity contribution is -0.114. The van der Waals surface area contributed by atoms with Crippen molar-refractivity contribution in [3.05, 3.63) is 54.1 Å². The SMILES string of the molecule is CC(=O)Nc1ccc(S(=O)(=O)O)c2cc(S(=O)(=O)O)c(N=Nc3ccc4c(CN)cccc4c3S(=O)(=O)O)c(O)c12. The molecule has 0 bridgehead atoms. The second-order valence-electron chi connectivity index (χ2n) is 8.54. The highest BCUT2D eigenvalue weighted by molar-refractivity contribution is 7.86. The van der Waals surface area contributed by atoms with Crippen LogP contribution in [0, 0.1) is 0 Å². The second kappa shape index (κ2) is 10.4. The number of hydrogen-bond acceptors (Lipinski definition) is 11. The number of amides is 1. The van der Waals surface area contributed by atoms with Crippen molar-refractivity contribution >= 4 is 74.9 Å². The maximum absolute atomic E-state index is 12.3. The number of phenols is 1. The van der Waals surface area contributed by atoms with Crippen molar-refractivity contribution in [2.45, 2.75) is 28.2 Å². The Labute approximate surface area is 232 Å². The Morgan fingerprint density at radius 1 is 0.829 bits per heavy atom.